The van der Waals surface area contributed by atoms with E-state index in [2.05, 4.69) is 10.1 Å². The Labute approximate surface area is 85.0 Å². The molecule has 0 aromatic heterocycles. The highest BCUT2D eigenvalue weighted by Gasteiger charge is 2.08. The third kappa shape index (κ3) is 6.82. The molecular weight excluding hydrogens is 184 g/mol. The van der Waals surface area contributed by atoms with Crippen molar-refractivity contribution in [3.63, 3.8) is 0 Å². The summed E-state index contributed by atoms with van der Waals surface area (Å²) in [6, 6.07) is 0. The maximum Gasteiger partial charge on any atom is 0.246 e. The van der Waals surface area contributed by atoms with E-state index in [1.165, 1.54) is 7.11 Å². The summed E-state index contributed by atoms with van der Waals surface area (Å²) in [6.45, 7) is 3.76. The molecule has 0 aliphatic carbocycles. The molecule has 0 bridgehead atoms. The molecule has 0 rings (SSSR count). The van der Waals surface area contributed by atoms with E-state index in [1.807, 2.05) is 18.9 Å². The van der Waals surface area contributed by atoms with E-state index in [4.69, 9.17) is 0 Å². The maximum atomic E-state index is 10.9. The van der Waals surface area contributed by atoms with Gasteiger partial charge in [0, 0.05) is 20.2 Å². The van der Waals surface area contributed by atoms with Gasteiger partial charge in [0.05, 0.1) is 6.10 Å². The van der Waals surface area contributed by atoms with E-state index >= 15 is 0 Å². The first kappa shape index (κ1) is 13.4. The molecule has 5 heteroatoms. The van der Waals surface area contributed by atoms with Crippen molar-refractivity contribution >= 4 is 5.91 Å². The number of ether oxygens (including phenoxy) is 1. The summed E-state index contributed by atoms with van der Waals surface area (Å²) in [4.78, 5) is 12.9. The number of rotatable bonds is 7. The zero-order valence-electron chi connectivity index (χ0n) is 9.12. The first-order valence-corrected chi connectivity index (χ1v) is 4.72. The second-order valence-electron chi connectivity index (χ2n) is 3.25. The average Bonchev–Trinajstić information content (AvgIpc) is 2.15. The van der Waals surface area contributed by atoms with Gasteiger partial charge in [0.25, 0.3) is 0 Å². The Hall–Kier alpha value is -0.650. The van der Waals surface area contributed by atoms with Gasteiger partial charge in [-0.05, 0) is 13.6 Å². The molecule has 0 radical (unpaired) electrons. The van der Waals surface area contributed by atoms with Crippen LogP contribution in [0.25, 0.3) is 0 Å². The number of aliphatic hydroxyl groups excluding tert-OH is 1. The third-order valence-corrected chi connectivity index (χ3v) is 1.87. The molecule has 0 heterocycles. The van der Waals surface area contributed by atoms with Gasteiger partial charge in [0.15, 0.2) is 0 Å². The van der Waals surface area contributed by atoms with Crippen molar-refractivity contribution in [2.24, 2.45) is 0 Å². The van der Waals surface area contributed by atoms with E-state index in [0.29, 0.717) is 6.54 Å². The van der Waals surface area contributed by atoms with E-state index in [1.54, 1.807) is 0 Å². The minimum absolute atomic E-state index is 0.0380. The van der Waals surface area contributed by atoms with Crippen molar-refractivity contribution in [1.29, 1.82) is 0 Å². The fourth-order valence-corrected chi connectivity index (χ4v) is 0.967. The van der Waals surface area contributed by atoms with Gasteiger partial charge in [0.1, 0.15) is 6.61 Å². The summed E-state index contributed by atoms with van der Waals surface area (Å²) in [5, 5.41) is 12.0. The number of aliphatic hydroxyl groups is 1. The van der Waals surface area contributed by atoms with Crippen LogP contribution in [0.2, 0.25) is 0 Å². The first-order chi connectivity index (χ1) is 6.60. The van der Waals surface area contributed by atoms with E-state index in [9.17, 15) is 9.90 Å². The number of methoxy groups -OCH3 is 1. The fourth-order valence-electron chi connectivity index (χ4n) is 0.967. The van der Waals surface area contributed by atoms with Gasteiger partial charge >= 0.3 is 0 Å². The van der Waals surface area contributed by atoms with E-state index in [0.717, 1.165) is 6.54 Å². The Morgan fingerprint density at radius 1 is 1.64 bits per heavy atom. The van der Waals surface area contributed by atoms with Crippen LogP contribution in [0, 0.1) is 0 Å². The Morgan fingerprint density at radius 2 is 2.29 bits per heavy atom. The Kier molecular flexibility index (Phi) is 7.37. The van der Waals surface area contributed by atoms with Gasteiger partial charge in [-0.15, -0.1) is 0 Å². The summed E-state index contributed by atoms with van der Waals surface area (Å²) in [7, 11) is 3.38. The smallest absolute Gasteiger partial charge is 0.246 e. The molecule has 0 saturated carbocycles. The van der Waals surface area contributed by atoms with Crippen LogP contribution in [-0.4, -0.2) is 62.4 Å². The van der Waals surface area contributed by atoms with Gasteiger partial charge in [-0.3, -0.25) is 4.79 Å². The van der Waals surface area contributed by atoms with Crippen LogP contribution in [0.15, 0.2) is 0 Å². The van der Waals surface area contributed by atoms with Crippen LogP contribution in [0.1, 0.15) is 6.92 Å². The number of nitrogens with one attached hydrogen (secondary N) is 1. The van der Waals surface area contributed by atoms with E-state index in [-0.39, 0.29) is 19.1 Å². The lowest BCUT2D eigenvalue weighted by Gasteiger charge is -2.18. The highest BCUT2D eigenvalue weighted by Crippen LogP contribution is 1.87. The first-order valence-electron chi connectivity index (χ1n) is 4.72. The number of nitrogens with zero attached hydrogens (tertiary/aromatic N) is 1. The van der Waals surface area contributed by atoms with Gasteiger partial charge in [-0.1, -0.05) is 6.92 Å². The Balaban J connectivity index is 3.52. The largest absolute Gasteiger partial charge is 0.390 e. The summed E-state index contributed by atoms with van der Waals surface area (Å²) in [6.07, 6.45) is -0.527. The molecule has 84 valence electrons. The predicted molar refractivity (Wildman–Crippen MR) is 54.1 cm³/mol. The SMILES string of the molecule is CCN(C)CC(O)CNC(=O)COC. The lowest BCUT2D eigenvalue weighted by Crippen LogP contribution is -2.39. The zero-order chi connectivity index (χ0) is 11.0. The van der Waals surface area contributed by atoms with Crippen LogP contribution in [0.4, 0.5) is 0 Å². The minimum atomic E-state index is -0.527. The zero-order valence-corrected chi connectivity index (χ0v) is 9.12. The number of hydrogen-bond donors (Lipinski definition) is 2. The summed E-state index contributed by atoms with van der Waals surface area (Å²) >= 11 is 0. The second-order valence-corrected chi connectivity index (χ2v) is 3.25. The summed E-state index contributed by atoms with van der Waals surface area (Å²) < 4.78 is 4.63. The lowest BCUT2D eigenvalue weighted by atomic mass is 10.3. The fraction of sp³-hybridized carbons (Fsp3) is 0.889. The molecule has 0 spiro atoms. The molecular formula is C9H20N2O3. The van der Waals surface area contributed by atoms with Crippen LogP contribution < -0.4 is 5.32 Å². The Morgan fingerprint density at radius 3 is 2.79 bits per heavy atom. The third-order valence-electron chi connectivity index (χ3n) is 1.87. The molecule has 1 atom stereocenters. The van der Waals surface area contributed by atoms with Crippen molar-refractivity contribution in [3.05, 3.63) is 0 Å². The number of hydrogen-bond acceptors (Lipinski definition) is 4. The molecule has 0 aromatic carbocycles. The summed E-state index contributed by atoms with van der Waals surface area (Å²) in [5.41, 5.74) is 0. The topological polar surface area (TPSA) is 61.8 Å². The number of carbonyl (C=O) groups excluding carboxylic acids is 1. The van der Waals surface area contributed by atoms with Crippen LogP contribution in [0.3, 0.4) is 0 Å². The standard InChI is InChI=1S/C9H20N2O3/c1-4-11(2)6-8(12)5-10-9(13)7-14-3/h8,12H,4-7H2,1-3H3,(H,10,13). The minimum Gasteiger partial charge on any atom is -0.390 e. The molecule has 0 aliphatic rings. The monoisotopic (exact) mass is 204 g/mol. The highest BCUT2D eigenvalue weighted by atomic mass is 16.5. The molecule has 0 fully saturated rings. The summed E-state index contributed by atoms with van der Waals surface area (Å²) in [5.74, 6) is -0.203. The van der Waals surface area contributed by atoms with Crippen molar-refractivity contribution in [1.82, 2.24) is 10.2 Å². The second kappa shape index (κ2) is 7.73. The van der Waals surface area contributed by atoms with Crippen LogP contribution in [0.5, 0.6) is 0 Å². The molecule has 1 unspecified atom stereocenters. The predicted octanol–water partition coefficient (Wildman–Crippen LogP) is -0.938. The van der Waals surface area contributed by atoms with Crippen molar-refractivity contribution in [2.45, 2.75) is 13.0 Å². The molecule has 1 amide bonds. The molecule has 2 N–H and O–H groups in total. The van der Waals surface area contributed by atoms with Crippen LogP contribution in [-0.2, 0) is 9.53 Å². The quantitative estimate of drug-likeness (QED) is 0.562. The molecule has 0 aromatic rings. The normalized spacial score (nSPS) is 12.9. The number of likely N-dealkylation sites (N-methyl/N-ethyl adjacent to an activating group) is 1. The van der Waals surface area contributed by atoms with Crippen molar-refractivity contribution in [3.8, 4) is 0 Å². The van der Waals surface area contributed by atoms with E-state index < -0.39 is 6.10 Å². The van der Waals surface area contributed by atoms with Gasteiger partial charge < -0.3 is 20.1 Å². The van der Waals surface area contributed by atoms with Crippen molar-refractivity contribution < 1.29 is 14.6 Å². The number of carbonyl (C=O) groups is 1. The molecule has 0 saturated heterocycles. The van der Waals surface area contributed by atoms with Gasteiger partial charge in [0.2, 0.25) is 5.91 Å². The van der Waals surface area contributed by atoms with Gasteiger partial charge in [-0.25, -0.2) is 0 Å². The number of amides is 1. The maximum absolute atomic E-state index is 10.9. The molecule has 0 aliphatic heterocycles. The average molecular weight is 204 g/mol. The molecule has 5 nitrogen and oxygen atoms in total. The van der Waals surface area contributed by atoms with Crippen LogP contribution >= 0.6 is 0 Å². The highest BCUT2D eigenvalue weighted by molar-refractivity contribution is 5.77. The van der Waals surface area contributed by atoms with Crippen molar-refractivity contribution in [2.75, 3.05) is 40.4 Å². The van der Waals surface area contributed by atoms with Gasteiger partial charge in [-0.2, -0.15) is 0 Å². The Bertz CT molecular complexity index is 164. The molecule has 14 heavy (non-hydrogen) atoms. The lowest BCUT2D eigenvalue weighted by molar-refractivity contribution is -0.125.